The highest BCUT2D eigenvalue weighted by Gasteiger charge is 2.32. The third-order valence-corrected chi connectivity index (χ3v) is 5.58. The summed E-state index contributed by atoms with van der Waals surface area (Å²) >= 11 is 3.88. The fourth-order valence-corrected chi connectivity index (χ4v) is 3.42. The van der Waals surface area contributed by atoms with Gasteiger partial charge in [-0.3, -0.25) is 0 Å². The van der Waals surface area contributed by atoms with Gasteiger partial charge in [0.1, 0.15) is 5.75 Å². The Balaban J connectivity index is 1.92. The Morgan fingerprint density at radius 3 is 2.47 bits per heavy atom. The molecule has 1 nitrogen and oxygen atoms in total. The summed E-state index contributed by atoms with van der Waals surface area (Å²) in [5.74, 6) is 2.55. The molecule has 0 radical (unpaired) electrons. The maximum absolute atomic E-state index is 5.27. The van der Waals surface area contributed by atoms with Gasteiger partial charge in [0, 0.05) is 4.83 Å². The minimum Gasteiger partial charge on any atom is -0.497 e. The topological polar surface area (TPSA) is 9.23 Å². The van der Waals surface area contributed by atoms with E-state index >= 15 is 0 Å². The van der Waals surface area contributed by atoms with Crippen molar-refractivity contribution < 1.29 is 4.74 Å². The Morgan fingerprint density at radius 1 is 1.11 bits per heavy atom. The van der Waals surface area contributed by atoms with E-state index in [-0.39, 0.29) is 0 Å². The van der Waals surface area contributed by atoms with Crippen molar-refractivity contribution in [2.45, 2.75) is 24.6 Å². The Labute approximate surface area is 123 Å². The number of hydrogen-bond acceptors (Lipinski definition) is 1. The first-order valence-corrected chi connectivity index (χ1v) is 7.82. The summed E-state index contributed by atoms with van der Waals surface area (Å²) in [7, 11) is 1.71. The van der Waals surface area contributed by atoms with Crippen LogP contribution in [0.1, 0.15) is 30.2 Å². The standard InChI is InChI=1S/C17H19BrO/c1-11(12-3-4-12)17(18)15-6-5-14-10-16(19-2)8-7-13(14)9-15/h5-12,17H,3-4H2,1-2H3. The quantitative estimate of drug-likeness (QED) is 0.692. The van der Waals surface area contributed by atoms with Crippen molar-refractivity contribution in [3.63, 3.8) is 0 Å². The molecule has 0 heterocycles. The highest BCUT2D eigenvalue weighted by Crippen LogP contribution is 2.46. The smallest absolute Gasteiger partial charge is 0.119 e. The van der Waals surface area contributed by atoms with Gasteiger partial charge in [-0.05, 0) is 53.1 Å². The molecule has 2 aromatic carbocycles. The fraction of sp³-hybridized carbons (Fsp3) is 0.412. The Bertz CT molecular complexity index is 589. The van der Waals surface area contributed by atoms with Crippen molar-refractivity contribution in [2.75, 3.05) is 7.11 Å². The van der Waals surface area contributed by atoms with E-state index < -0.39 is 0 Å². The second-order valence-corrected chi connectivity index (χ2v) is 6.56. The summed E-state index contributed by atoms with van der Waals surface area (Å²) in [6.45, 7) is 2.36. The maximum atomic E-state index is 5.27. The minimum absolute atomic E-state index is 0.464. The van der Waals surface area contributed by atoms with E-state index in [1.165, 1.54) is 29.2 Å². The SMILES string of the molecule is COc1ccc2cc(C(Br)C(C)C3CC3)ccc2c1. The van der Waals surface area contributed by atoms with Crippen LogP contribution in [0.15, 0.2) is 36.4 Å². The number of methoxy groups -OCH3 is 1. The lowest BCUT2D eigenvalue weighted by molar-refractivity contribution is 0.415. The zero-order chi connectivity index (χ0) is 13.4. The van der Waals surface area contributed by atoms with Crippen LogP contribution in [0, 0.1) is 11.8 Å². The molecular weight excluding hydrogens is 300 g/mol. The molecule has 2 aromatic rings. The summed E-state index contributed by atoms with van der Waals surface area (Å²) in [5.41, 5.74) is 1.39. The number of fused-ring (bicyclic) bond motifs is 1. The predicted molar refractivity (Wildman–Crippen MR) is 84.1 cm³/mol. The van der Waals surface area contributed by atoms with Gasteiger partial charge in [-0.1, -0.05) is 47.1 Å². The van der Waals surface area contributed by atoms with E-state index in [0.717, 1.165) is 17.6 Å². The molecule has 0 aromatic heterocycles. The molecule has 0 saturated heterocycles. The Morgan fingerprint density at radius 2 is 1.79 bits per heavy atom. The Kier molecular flexibility index (Phi) is 3.53. The van der Waals surface area contributed by atoms with E-state index in [1.54, 1.807) is 7.11 Å². The number of alkyl halides is 1. The third-order valence-electron chi connectivity index (χ3n) is 4.22. The van der Waals surface area contributed by atoms with Crippen LogP contribution < -0.4 is 4.74 Å². The summed E-state index contributed by atoms with van der Waals surface area (Å²) in [5, 5.41) is 2.52. The summed E-state index contributed by atoms with van der Waals surface area (Å²) in [6, 6.07) is 13.0. The summed E-state index contributed by atoms with van der Waals surface area (Å²) in [6.07, 6.45) is 2.79. The molecule has 0 aliphatic heterocycles. The molecule has 0 spiro atoms. The Hall–Kier alpha value is -1.02. The molecule has 1 aliphatic rings. The average Bonchev–Trinajstić information content (AvgIpc) is 3.29. The molecule has 0 N–H and O–H groups in total. The number of hydrogen-bond donors (Lipinski definition) is 0. The zero-order valence-corrected chi connectivity index (χ0v) is 13.0. The van der Waals surface area contributed by atoms with E-state index in [2.05, 4.69) is 53.2 Å². The molecule has 1 aliphatic carbocycles. The average molecular weight is 319 g/mol. The van der Waals surface area contributed by atoms with Crippen molar-refractivity contribution >= 4 is 26.7 Å². The lowest BCUT2D eigenvalue weighted by Gasteiger charge is -2.18. The van der Waals surface area contributed by atoms with E-state index in [9.17, 15) is 0 Å². The van der Waals surface area contributed by atoms with Crippen LogP contribution in [-0.2, 0) is 0 Å². The number of halogens is 1. The monoisotopic (exact) mass is 318 g/mol. The van der Waals surface area contributed by atoms with Crippen molar-refractivity contribution in [1.82, 2.24) is 0 Å². The van der Waals surface area contributed by atoms with Gasteiger partial charge in [0.2, 0.25) is 0 Å². The van der Waals surface area contributed by atoms with Crippen LogP contribution >= 0.6 is 15.9 Å². The molecule has 2 heteroatoms. The van der Waals surface area contributed by atoms with E-state index in [4.69, 9.17) is 4.74 Å². The molecule has 19 heavy (non-hydrogen) atoms. The summed E-state index contributed by atoms with van der Waals surface area (Å²) in [4.78, 5) is 0.464. The van der Waals surface area contributed by atoms with Crippen molar-refractivity contribution in [3.8, 4) is 5.75 Å². The predicted octanol–water partition coefficient (Wildman–Crippen LogP) is 5.33. The summed E-state index contributed by atoms with van der Waals surface area (Å²) < 4.78 is 5.27. The van der Waals surface area contributed by atoms with Gasteiger partial charge in [0.15, 0.2) is 0 Å². The van der Waals surface area contributed by atoms with Crippen LogP contribution in [0.2, 0.25) is 0 Å². The lowest BCUT2D eigenvalue weighted by Crippen LogP contribution is -2.05. The largest absolute Gasteiger partial charge is 0.497 e. The van der Waals surface area contributed by atoms with Gasteiger partial charge in [0.05, 0.1) is 7.11 Å². The lowest BCUT2D eigenvalue weighted by atomic mass is 9.95. The van der Waals surface area contributed by atoms with E-state index in [0.29, 0.717) is 4.83 Å². The van der Waals surface area contributed by atoms with Crippen molar-refractivity contribution in [1.29, 1.82) is 0 Å². The van der Waals surface area contributed by atoms with Crippen LogP contribution in [-0.4, -0.2) is 7.11 Å². The van der Waals surface area contributed by atoms with E-state index in [1.807, 2.05) is 6.07 Å². The van der Waals surface area contributed by atoms with Gasteiger partial charge < -0.3 is 4.74 Å². The van der Waals surface area contributed by atoms with Gasteiger partial charge >= 0.3 is 0 Å². The zero-order valence-electron chi connectivity index (χ0n) is 11.4. The van der Waals surface area contributed by atoms with Gasteiger partial charge in [-0.25, -0.2) is 0 Å². The fourth-order valence-electron chi connectivity index (χ4n) is 2.71. The highest BCUT2D eigenvalue weighted by molar-refractivity contribution is 9.09. The van der Waals surface area contributed by atoms with Crippen LogP contribution in [0.3, 0.4) is 0 Å². The molecule has 3 rings (SSSR count). The van der Waals surface area contributed by atoms with Crippen molar-refractivity contribution in [3.05, 3.63) is 42.0 Å². The molecule has 0 bridgehead atoms. The van der Waals surface area contributed by atoms with Gasteiger partial charge in [0.25, 0.3) is 0 Å². The molecule has 1 saturated carbocycles. The number of benzene rings is 2. The van der Waals surface area contributed by atoms with Crippen molar-refractivity contribution in [2.24, 2.45) is 11.8 Å². The number of ether oxygens (including phenoxy) is 1. The number of rotatable bonds is 4. The van der Waals surface area contributed by atoms with Crippen LogP contribution in [0.25, 0.3) is 10.8 Å². The first-order valence-electron chi connectivity index (χ1n) is 6.91. The van der Waals surface area contributed by atoms with Gasteiger partial charge in [-0.2, -0.15) is 0 Å². The van der Waals surface area contributed by atoms with Crippen LogP contribution in [0.4, 0.5) is 0 Å². The van der Waals surface area contributed by atoms with Crippen LogP contribution in [0.5, 0.6) is 5.75 Å². The highest BCUT2D eigenvalue weighted by atomic mass is 79.9. The normalized spacial score (nSPS) is 18.3. The molecule has 2 atom stereocenters. The second kappa shape index (κ2) is 5.16. The minimum atomic E-state index is 0.464. The molecule has 0 amide bonds. The molecule has 2 unspecified atom stereocenters. The molecule has 1 fully saturated rings. The first kappa shape index (κ1) is 13.0. The molecule has 100 valence electrons. The molecular formula is C17H19BrO. The second-order valence-electron chi connectivity index (χ2n) is 5.57. The third kappa shape index (κ3) is 2.64. The maximum Gasteiger partial charge on any atom is 0.119 e. The first-order chi connectivity index (χ1) is 9.19. The van der Waals surface area contributed by atoms with Gasteiger partial charge in [-0.15, -0.1) is 0 Å².